The smallest absolute Gasteiger partial charge is 0.0828 e. The molecule has 4 nitrogen and oxygen atoms in total. The van der Waals surface area contributed by atoms with Crippen molar-refractivity contribution in [3.8, 4) is 0 Å². The second kappa shape index (κ2) is 5.95. The Morgan fingerprint density at radius 3 is 2.32 bits per heavy atom. The summed E-state index contributed by atoms with van der Waals surface area (Å²) in [7, 11) is 1.82. The molecular weight excluding hydrogens is 238 g/mol. The van der Waals surface area contributed by atoms with Crippen LogP contribution in [0.2, 0.25) is 0 Å². The summed E-state index contributed by atoms with van der Waals surface area (Å²) in [5, 5.41) is 8.33. The minimum Gasteiger partial charge on any atom is -0.381 e. The van der Waals surface area contributed by atoms with Crippen LogP contribution < -0.4 is 5.32 Å². The van der Waals surface area contributed by atoms with Crippen LogP contribution in [0.25, 0.3) is 0 Å². The van der Waals surface area contributed by atoms with Crippen LogP contribution in [0.1, 0.15) is 57.0 Å². The van der Waals surface area contributed by atoms with Gasteiger partial charge >= 0.3 is 0 Å². The van der Waals surface area contributed by atoms with Crippen molar-refractivity contribution in [3.05, 3.63) is 11.4 Å². The first-order chi connectivity index (χ1) is 9.02. The van der Waals surface area contributed by atoms with Gasteiger partial charge in [0.1, 0.15) is 0 Å². The third-order valence-electron chi connectivity index (χ3n) is 4.17. The Hall–Kier alpha value is -1.03. The Kier molecular flexibility index (Phi) is 4.50. The molecule has 1 aliphatic rings. The predicted molar refractivity (Wildman–Crippen MR) is 78.8 cm³/mol. The van der Waals surface area contributed by atoms with Crippen molar-refractivity contribution in [3.63, 3.8) is 0 Å². The third kappa shape index (κ3) is 3.11. The van der Waals surface area contributed by atoms with Gasteiger partial charge in [0.2, 0.25) is 0 Å². The molecule has 0 atom stereocenters. The quantitative estimate of drug-likeness (QED) is 0.906. The molecule has 1 aromatic heterocycles. The molecule has 1 aliphatic carbocycles. The van der Waals surface area contributed by atoms with Crippen molar-refractivity contribution in [2.24, 2.45) is 0 Å². The summed E-state index contributed by atoms with van der Waals surface area (Å²) in [5.41, 5.74) is 3.59. The van der Waals surface area contributed by atoms with Crippen molar-refractivity contribution in [2.75, 3.05) is 12.4 Å². The number of nitrogens with zero attached hydrogens (tertiary/aromatic N) is 2. The molecule has 0 radical (unpaired) electrons. The molecule has 1 N–H and O–H groups in total. The predicted octanol–water partition coefficient (Wildman–Crippen LogP) is 3.45. The number of aromatic nitrogens is 2. The van der Waals surface area contributed by atoms with Gasteiger partial charge < -0.3 is 10.1 Å². The van der Waals surface area contributed by atoms with Gasteiger partial charge in [-0.2, -0.15) is 5.10 Å². The highest BCUT2D eigenvalue weighted by atomic mass is 16.5. The standard InChI is InChI=1S/C15H27N3O/c1-10(2)18-12(4)15(11(3)17-18)16-13-6-8-14(19-5)9-7-13/h10,13-14,16H,6-9H2,1-5H3. The Bertz CT molecular complexity index is 417. The number of aryl methyl sites for hydroxylation is 1. The lowest BCUT2D eigenvalue weighted by Gasteiger charge is -2.29. The summed E-state index contributed by atoms with van der Waals surface area (Å²) in [6.45, 7) is 8.60. The molecule has 0 aliphatic heterocycles. The number of nitrogens with one attached hydrogen (secondary N) is 1. The highest BCUT2D eigenvalue weighted by Crippen LogP contribution is 2.28. The van der Waals surface area contributed by atoms with Gasteiger partial charge in [-0.15, -0.1) is 0 Å². The average Bonchev–Trinajstić information content (AvgIpc) is 2.68. The Morgan fingerprint density at radius 2 is 1.84 bits per heavy atom. The summed E-state index contributed by atoms with van der Waals surface area (Å²) >= 11 is 0. The number of hydrogen-bond acceptors (Lipinski definition) is 3. The van der Waals surface area contributed by atoms with Crippen LogP contribution in [-0.4, -0.2) is 29.0 Å². The minimum atomic E-state index is 0.415. The summed E-state index contributed by atoms with van der Waals surface area (Å²) in [6.07, 6.45) is 5.14. The molecule has 0 unspecified atom stereocenters. The van der Waals surface area contributed by atoms with Crippen LogP contribution >= 0.6 is 0 Å². The van der Waals surface area contributed by atoms with Crippen molar-refractivity contribution in [2.45, 2.75) is 71.6 Å². The Labute approximate surface area is 116 Å². The van der Waals surface area contributed by atoms with E-state index in [1.807, 2.05) is 7.11 Å². The maximum atomic E-state index is 5.43. The molecular formula is C15H27N3O. The zero-order chi connectivity index (χ0) is 14.0. The van der Waals surface area contributed by atoms with Crippen LogP contribution in [0, 0.1) is 13.8 Å². The van der Waals surface area contributed by atoms with Gasteiger partial charge in [0.25, 0.3) is 0 Å². The SMILES string of the molecule is COC1CCC(Nc2c(C)nn(C(C)C)c2C)CC1. The molecule has 1 heterocycles. The van der Waals surface area contributed by atoms with Gasteiger partial charge in [0.15, 0.2) is 0 Å². The van der Waals surface area contributed by atoms with E-state index >= 15 is 0 Å². The summed E-state index contributed by atoms with van der Waals surface area (Å²) in [4.78, 5) is 0. The van der Waals surface area contributed by atoms with E-state index in [4.69, 9.17) is 4.74 Å². The minimum absolute atomic E-state index is 0.415. The van der Waals surface area contributed by atoms with E-state index in [0.717, 1.165) is 18.5 Å². The highest BCUT2D eigenvalue weighted by molar-refractivity contribution is 5.53. The molecule has 1 saturated carbocycles. The normalized spacial score (nSPS) is 23.9. The lowest BCUT2D eigenvalue weighted by molar-refractivity contribution is 0.0682. The number of methoxy groups -OCH3 is 1. The molecule has 19 heavy (non-hydrogen) atoms. The molecule has 2 rings (SSSR count). The van der Waals surface area contributed by atoms with E-state index in [1.54, 1.807) is 0 Å². The first-order valence-electron chi connectivity index (χ1n) is 7.38. The maximum absolute atomic E-state index is 5.43. The van der Waals surface area contributed by atoms with Gasteiger partial charge in [0.05, 0.1) is 23.2 Å². The van der Waals surface area contributed by atoms with E-state index < -0.39 is 0 Å². The van der Waals surface area contributed by atoms with Crippen LogP contribution in [0.15, 0.2) is 0 Å². The molecule has 0 amide bonds. The fourth-order valence-electron chi connectivity index (χ4n) is 3.02. The first-order valence-corrected chi connectivity index (χ1v) is 7.38. The topological polar surface area (TPSA) is 39.1 Å². The second-order valence-electron chi connectivity index (χ2n) is 5.94. The zero-order valence-electron chi connectivity index (χ0n) is 12.9. The van der Waals surface area contributed by atoms with Gasteiger partial charge in [-0.1, -0.05) is 0 Å². The number of ether oxygens (including phenoxy) is 1. The van der Waals surface area contributed by atoms with Crippen molar-refractivity contribution >= 4 is 5.69 Å². The van der Waals surface area contributed by atoms with Crippen molar-refractivity contribution in [1.82, 2.24) is 9.78 Å². The van der Waals surface area contributed by atoms with Gasteiger partial charge in [0, 0.05) is 19.2 Å². The average molecular weight is 265 g/mol. The monoisotopic (exact) mass is 265 g/mol. The van der Waals surface area contributed by atoms with Crippen LogP contribution in [0.4, 0.5) is 5.69 Å². The lowest BCUT2D eigenvalue weighted by Crippen LogP contribution is -2.29. The summed E-state index contributed by atoms with van der Waals surface area (Å²) in [6, 6.07) is 0.979. The number of rotatable bonds is 4. The van der Waals surface area contributed by atoms with E-state index in [0.29, 0.717) is 18.2 Å². The Morgan fingerprint density at radius 1 is 1.21 bits per heavy atom. The lowest BCUT2D eigenvalue weighted by atomic mass is 9.92. The highest BCUT2D eigenvalue weighted by Gasteiger charge is 2.23. The largest absolute Gasteiger partial charge is 0.381 e. The number of hydrogen-bond donors (Lipinski definition) is 1. The molecule has 0 saturated heterocycles. The van der Waals surface area contributed by atoms with E-state index in [9.17, 15) is 0 Å². The van der Waals surface area contributed by atoms with Crippen LogP contribution in [-0.2, 0) is 4.74 Å². The van der Waals surface area contributed by atoms with Gasteiger partial charge in [-0.05, 0) is 53.4 Å². The van der Waals surface area contributed by atoms with Crippen molar-refractivity contribution in [1.29, 1.82) is 0 Å². The van der Waals surface area contributed by atoms with E-state index in [-0.39, 0.29) is 0 Å². The first kappa shape index (κ1) is 14.4. The molecule has 4 heteroatoms. The molecule has 108 valence electrons. The van der Waals surface area contributed by atoms with Crippen LogP contribution in [0.5, 0.6) is 0 Å². The Balaban J connectivity index is 2.04. The van der Waals surface area contributed by atoms with Crippen molar-refractivity contribution < 1.29 is 4.74 Å². The fourth-order valence-corrected chi connectivity index (χ4v) is 3.02. The molecule has 1 aromatic rings. The van der Waals surface area contributed by atoms with Gasteiger partial charge in [-0.3, -0.25) is 4.68 Å². The van der Waals surface area contributed by atoms with E-state index in [2.05, 4.69) is 42.8 Å². The van der Waals surface area contributed by atoms with Gasteiger partial charge in [-0.25, -0.2) is 0 Å². The molecule has 0 bridgehead atoms. The molecule has 1 fully saturated rings. The van der Waals surface area contributed by atoms with Crippen LogP contribution in [0.3, 0.4) is 0 Å². The number of anilines is 1. The maximum Gasteiger partial charge on any atom is 0.0828 e. The molecule has 0 aromatic carbocycles. The molecule has 0 spiro atoms. The second-order valence-corrected chi connectivity index (χ2v) is 5.94. The van der Waals surface area contributed by atoms with E-state index in [1.165, 1.54) is 24.2 Å². The third-order valence-corrected chi connectivity index (χ3v) is 4.17. The zero-order valence-corrected chi connectivity index (χ0v) is 12.9. The summed E-state index contributed by atoms with van der Waals surface area (Å²) < 4.78 is 7.54. The fraction of sp³-hybridized carbons (Fsp3) is 0.800. The summed E-state index contributed by atoms with van der Waals surface area (Å²) in [5.74, 6) is 0.